The third-order valence-corrected chi connectivity index (χ3v) is 2.46. The van der Waals surface area contributed by atoms with Crippen LogP contribution >= 0.6 is 0 Å². The van der Waals surface area contributed by atoms with Crippen molar-refractivity contribution in [3.05, 3.63) is 24.3 Å². The number of benzene rings is 1. The van der Waals surface area contributed by atoms with Gasteiger partial charge in [-0.05, 0) is 25.1 Å². The molecule has 0 fully saturated rings. The largest absolute Gasteiger partial charge is 0.495 e. The minimum atomic E-state index is -0.181. The van der Waals surface area contributed by atoms with Gasteiger partial charge in [-0.25, -0.2) is 0 Å². The summed E-state index contributed by atoms with van der Waals surface area (Å²) in [6.45, 7) is 4.41. The summed E-state index contributed by atoms with van der Waals surface area (Å²) in [7, 11) is 1.57. The average molecular weight is 266 g/mol. The van der Waals surface area contributed by atoms with Gasteiger partial charge in [-0.2, -0.15) is 0 Å². The number of anilines is 1. The summed E-state index contributed by atoms with van der Waals surface area (Å²) in [6.07, 6.45) is 1.09. The smallest absolute Gasteiger partial charge is 0.250 e. The lowest BCUT2D eigenvalue weighted by Crippen LogP contribution is -2.24. The van der Waals surface area contributed by atoms with Crippen LogP contribution in [0.5, 0.6) is 5.75 Å². The normalized spacial score (nSPS) is 10.2. The maximum Gasteiger partial charge on any atom is 0.250 e. The summed E-state index contributed by atoms with van der Waals surface area (Å²) < 4.78 is 10.4. The van der Waals surface area contributed by atoms with E-state index < -0.39 is 0 Å². The van der Waals surface area contributed by atoms with Crippen LogP contribution in [0.3, 0.4) is 0 Å². The lowest BCUT2D eigenvalue weighted by atomic mass is 10.3. The molecule has 1 aromatic carbocycles. The number of amides is 1. The van der Waals surface area contributed by atoms with Crippen LogP contribution in [0.1, 0.15) is 13.3 Å². The average Bonchev–Trinajstić information content (AvgIpc) is 2.43. The van der Waals surface area contributed by atoms with Gasteiger partial charge in [-0.3, -0.25) is 4.79 Å². The predicted octanol–water partition coefficient (Wildman–Crippen LogP) is 1.65. The van der Waals surface area contributed by atoms with Gasteiger partial charge in [-0.15, -0.1) is 0 Å². The molecule has 5 heteroatoms. The zero-order valence-corrected chi connectivity index (χ0v) is 11.6. The Morgan fingerprint density at radius 2 is 2.05 bits per heavy atom. The molecular weight excluding hydrogens is 244 g/mol. The van der Waals surface area contributed by atoms with Gasteiger partial charge in [0.15, 0.2) is 0 Å². The van der Waals surface area contributed by atoms with Crippen LogP contribution in [0.15, 0.2) is 24.3 Å². The Kier molecular flexibility index (Phi) is 7.62. The topological polar surface area (TPSA) is 59.6 Å². The molecule has 5 nitrogen and oxygen atoms in total. The van der Waals surface area contributed by atoms with E-state index in [1.807, 2.05) is 12.1 Å². The summed E-state index contributed by atoms with van der Waals surface area (Å²) in [5, 5.41) is 5.95. The molecule has 0 bridgehead atoms. The molecule has 0 aromatic heterocycles. The molecule has 0 radical (unpaired) electrons. The van der Waals surface area contributed by atoms with Gasteiger partial charge in [0.05, 0.1) is 19.4 Å². The molecule has 0 aliphatic rings. The van der Waals surface area contributed by atoms with Gasteiger partial charge >= 0.3 is 0 Å². The highest BCUT2D eigenvalue weighted by atomic mass is 16.5. The lowest BCUT2D eigenvalue weighted by molar-refractivity contribution is -0.120. The molecule has 2 N–H and O–H groups in total. The second kappa shape index (κ2) is 9.35. The molecule has 0 heterocycles. The van der Waals surface area contributed by atoms with Crippen molar-refractivity contribution in [3.63, 3.8) is 0 Å². The molecule has 0 aliphatic carbocycles. The second-order valence-electron chi connectivity index (χ2n) is 4.05. The van der Waals surface area contributed by atoms with Crippen LogP contribution in [0.4, 0.5) is 5.69 Å². The fraction of sp³-hybridized carbons (Fsp3) is 0.500. The van der Waals surface area contributed by atoms with Gasteiger partial charge in [0.1, 0.15) is 12.4 Å². The second-order valence-corrected chi connectivity index (χ2v) is 4.05. The van der Waals surface area contributed by atoms with E-state index in [1.54, 1.807) is 19.2 Å². The molecule has 1 rings (SSSR count). The first-order valence-electron chi connectivity index (χ1n) is 6.49. The van der Waals surface area contributed by atoms with Crippen molar-refractivity contribution >= 4 is 11.6 Å². The quantitative estimate of drug-likeness (QED) is 0.667. The third-order valence-electron chi connectivity index (χ3n) is 2.46. The van der Waals surface area contributed by atoms with Gasteiger partial charge in [0.2, 0.25) is 5.91 Å². The molecule has 0 spiro atoms. The Bertz CT molecular complexity index is 383. The Labute approximate surface area is 114 Å². The number of para-hydroxylation sites is 2. The molecule has 0 aliphatic heterocycles. The monoisotopic (exact) mass is 266 g/mol. The summed E-state index contributed by atoms with van der Waals surface area (Å²) in [5.41, 5.74) is 0.655. The SMILES string of the molecule is CCCNCCOCC(=O)Nc1ccccc1OC. The molecule has 1 aromatic rings. The minimum Gasteiger partial charge on any atom is -0.495 e. The fourth-order valence-electron chi connectivity index (χ4n) is 1.55. The van der Waals surface area contributed by atoms with Crippen molar-refractivity contribution < 1.29 is 14.3 Å². The highest BCUT2D eigenvalue weighted by Gasteiger charge is 2.06. The van der Waals surface area contributed by atoms with Crippen molar-refractivity contribution in [2.24, 2.45) is 0 Å². The Morgan fingerprint density at radius 3 is 2.79 bits per heavy atom. The highest BCUT2D eigenvalue weighted by molar-refractivity contribution is 5.93. The molecule has 0 saturated heterocycles. The number of rotatable bonds is 9. The van der Waals surface area contributed by atoms with Crippen LogP contribution in [0.25, 0.3) is 0 Å². The predicted molar refractivity (Wildman–Crippen MR) is 75.6 cm³/mol. The van der Waals surface area contributed by atoms with Crippen LogP contribution < -0.4 is 15.4 Å². The molecule has 19 heavy (non-hydrogen) atoms. The van der Waals surface area contributed by atoms with Gasteiger partial charge in [-0.1, -0.05) is 19.1 Å². The number of ether oxygens (including phenoxy) is 2. The summed E-state index contributed by atoms with van der Waals surface area (Å²) in [5.74, 6) is 0.459. The third kappa shape index (κ3) is 6.22. The van der Waals surface area contributed by atoms with Crippen LogP contribution in [0, 0.1) is 0 Å². The van der Waals surface area contributed by atoms with Gasteiger partial charge in [0.25, 0.3) is 0 Å². The number of hydrogen-bond donors (Lipinski definition) is 2. The first-order valence-corrected chi connectivity index (χ1v) is 6.49. The van der Waals surface area contributed by atoms with Crippen LogP contribution in [-0.4, -0.2) is 39.3 Å². The molecule has 0 unspecified atom stereocenters. The number of nitrogens with one attached hydrogen (secondary N) is 2. The summed E-state index contributed by atoms with van der Waals surface area (Å²) >= 11 is 0. The number of methoxy groups -OCH3 is 1. The maximum absolute atomic E-state index is 11.7. The fourth-order valence-corrected chi connectivity index (χ4v) is 1.55. The molecular formula is C14H22N2O3. The van der Waals surface area contributed by atoms with Crippen molar-refractivity contribution in [3.8, 4) is 5.75 Å². The standard InChI is InChI=1S/C14H22N2O3/c1-3-8-15-9-10-19-11-14(17)16-12-6-4-5-7-13(12)18-2/h4-7,15H,3,8-11H2,1-2H3,(H,16,17). The molecule has 0 saturated carbocycles. The van der Waals surface area contributed by atoms with E-state index in [4.69, 9.17) is 9.47 Å². The Morgan fingerprint density at radius 1 is 1.26 bits per heavy atom. The zero-order valence-electron chi connectivity index (χ0n) is 11.6. The Hall–Kier alpha value is -1.59. The first-order chi connectivity index (χ1) is 9.27. The molecule has 1 amide bonds. The van der Waals surface area contributed by atoms with Crippen LogP contribution in [-0.2, 0) is 9.53 Å². The van der Waals surface area contributed by atoms with E-state index in [9.17, 15) is 4.79 Å². The van der Waals surface area contributed by atoms with E-state index in [-0.39, 0.29) is 12.5 Å². The first kappa shape index (κ1) is 15.5. The van der Waals surface area contributed by atoms with Gasteiger partial charge < -0.3 is 20.1 Å². The van der Waals surface area contributed by atoms with Crippen LogP contribution in [0.2, 0.25) is 0 Å². The number of carbonyl (C=O) groups excluding carboxylic acids is 1. The molecule has 106 valence electrons. The van der Waals surface area contributed by atoms with Crippen molar-refractivity contribution in [2.45, 2.75) is 13.3 Å². The highest BCUT2D eigenvalue weighted by Crippen LogP contribution is 2.22. The maximum atomic E-state index is 11.7. The molecule has 0 atom stereocenters. The lowest BCUT2D eigenvalue weighted by Gasteiger charge is -2.10. The number of hydrogen-bond acceptors (Lipinski definition) is 4. The summed E-state index contributed by atoms with van der Waals surface area (Å²) in [6, 6.07) is 7.28. The van der Waals surface area contributed by atoms with E-state index in [0.29, 0.717) is 18.0 Å². The Balaban J connectivity index is 2.23. The minimum absolute atomic E-state index is 0.0475. The zero-order chi connectivity index (χ0) is 13.9. The van der Waals surface area contributed by atoms with Crippen molar-refractivity contribution in [2.75, 3.05) is 38.7 Å². The van der Waals surface area contributed by atoms with E-state index in [2.05, 4.69) is 17.6 Å². The van der Waals surface area contributed by atoms with E-state index in [1.165, 1.54) is 0 Å². The van der Waals surface area contributed by atoms with Crippen molar-refractivity contribution in [1.29, 1.82) is 0 Å². The van der Waals surface area contributed by atoms with Crippen molar-refractivity contribution in [1.82, 2.24) is 5.32 Å². The van der Waals surface area contributed by atoms with E-state index >= 15 is 0 Å². The van der Waals surface area contributed by atoms with E-state index in [0.717, 1.165) is 19.5 Å². The summed E-state index contributed by atoms with van der Waals surface area (Å²) in [4.78, 5) is 11.7. The van der Waals surface area contributed by atoms with Gasteiger partial charge in [0, 0.05) is 6.54 Å². The number of carbonyl (C=O) groups is 1.